The Balaban J connectivity index is 0.997. The van der Waals surface area contributed by atoms with Crippen molar-refractivity contribution >= 4 is 65.4 Å². The first-order chi connectivity index (χ1) is 34.2. The Kier molecular flexibility index (Phi) is 8.79. The SMILES string of the molecule is c1ccc(-c2ccc(-c3nc(-c4cccc(-n5c6ccccc6c6ccc7c8ccccc8n(-c8ccc(-c9ccccc9)cc8)c7c65)c4)nc(-n4c5ccccc5c5ccccc54)n3)cc2)cc1. The molecule has 10 aromatic carbocycles. The summed E-state index contributed by atoms with van der Waals surface area (Å²) in [5.41, 5.74) is 15.2. The van der Waals surface area contributed by atoms with Crippen LogP contribution in [-0.2, 0) is 0 Å². The van der Waals surface area contributed by atoms with Crippen LogP contribution in [0.1, 0.15) is 0 Å². The van der Waals surface area contributed by atoms with Gasteiger partial charge in [0, 0.05) is 54.8 Å². The van der Waals surface area contributed by atoms with Crippen LogP contribution >= 0.6 is 0 Å². The molecule has 4 aromatic heterocycles. The summed E-state index contributed by atoms with van der Waals surface area (Å²) >= 11 is 0. The Labute approximate surface area is 397 Å². The molecule has 0 saturated heterocycles. The zero-order chi connectivity index (χ0) is 45.4. The van der Waals surface area contributed by atoms with Crippen molar-refractivity contribution < 1.29 is 0 Å². The van der Waals surface area contributed by atoms with Gasteiger partial charge in [-0.25, -0.2) is 4.98 Å². The van der Waals surface area contributed by atoms with Crippen molar-refractivity contribution in [2.24, 2.45) is 0 Å². The van der Waals surface area contributed by atoms with Gasteiger partial charge in [0.05, 0.1) is 33.1 Å². The van der Waals surface area contributed by atoms with Crippen molar-refractivity contribution in [3.63, 3.8) is 0 Å². The summed E-state index contributed by atoms with van der Waals surface area (Å²) in [5, 5.41) is 7.07. The first-order valence-corrected chi connectivity index (χ1v) is 23.4. The Hall–Kier alpha value is -9.39. The summed E-state index contributed by atoms with van der Waals surface area (Å²) in [5.74, 6) is 1.75. The van der Waals surface area contributed by atoms with E-state index in [1.807, 2.05) is 6.07 Å². The van der Waals surface area contributed by atoms with Gasteiger partial charge >= 0.3 is 0 Å². The lowest BCUT2D eigenvalue weighted by atomic mass is 10.0. The Bertz CT molecular complexity index is 4220. The zero-order valence-corrected chi connectivity index (χ0v) is 37.3. The lowest BCUT2D eigenvalue weighted by Crippen LogP contribution is -2.06. The maximum Gasteiger partial charge on any atom is 0.238 e. The minimum atomic E-state index is 0.561. The molecule has 0 saturated carbocycles. The summed E-state index contributed by atoms with van der Waals surface area (Å²) < 4.78 is 7.05. The van der Waals surface area contributed by atoms with Crippen molar-refractivity contribution in [2.45, 2.75) is 0 Å². The van der Waals surface area contributed by atoms with Crippen LogP contribution in [0.4, 0.5) is 0 Å². The largest absolute Gasteiger partial charge is 0.307 e. The second-order valence-electron chi connectivity index (χ2n) is 17.6. The Morgan fingerprint density at radius 2 is 0.609 bits per heavy atom. The maximum absolute atomic E-state index is 5.37. The highest BCUT2D eigenvalue weighted by Crippen LogP contribution is 2.42. The number of para-hydroxylation sites is 4. The number of rotatable bonds is 7. The third-order valence-electron chi connectivity index (χ3n) is 13.7. The van der Waals surface area contributed by atoms with Crippen LogP contribution in [-0.4, -0.2) is 28.7 Å². The van der Waals surface area contributed by atoms with Gasteiger partial charge in [0.2, 0.25) is 5.95 Å². The van der Waals surface area contributed by atoms with E-state index in [-0.39, 0.29) is 0 Å². The van der Waals surface area contributed by atoms with Gasteiger partial charge in [0.25, 0.3) is 0 Å². The van der Waals surface area contributed by atoms with Crippen LogP contribution in [0.15, 0.2) is 243 Å². The number of benzene rings is 10. The molecule has 4 heterocycles. The average molecular weight is 881 g/mol. The molecule has 0 aliphatic rings. The van der Waals surface area contributed by atoms with Crippen molar-refractivity contribution in [3.05, 3.63) is 243 Å². The van der Waals surface area contributed by atoms with Gasteiger partial charge in [-0.1, -0.05) is 194 Å². The highest BCUT2D eigenvalue weighted by molar-refractivity contribution is 6.24. The molecule has 0 aliphatic carbocycles. The van der Waals surface area contributed by atoms with E-state index in [9.17, 15) is 0 Å². The lowest BCUT2D eigenvalue weighted by Gasteiger charge is -2.14. The van der Waals surface area contributed by atoms with E-state index in [0.29, 0.717) is 17.6 Å². The molecule has 0 unspecified atom stereocenters. The Morgan fingerprint density at radius 1 is 0.232 bits per heavy atom. The molecular weight excluding hydrogens is 841 g/mol. The minimum absolute atomic E-state index is 0.561. The first-order valence-electron chi connectivity index (χ1n) is 23.4. The summed E-state index contributed by atoms with van der Waals surface area (Å²) in [6.07, 6.45) is 0. The third kappa shape index (κ3) is 6.23. The molecule has 6 heteroatoms. The fraction of sp³-hybridized carbons (Fsp3) is 0. The van der Waals surface area contributed by atoms with Gasteiger partial charge in [0.1, 0.15) is 0 Å². The molecule has 14 aromatic rings. The molecule has 0 fully saturated rings. The fourth-order valence-electron chi connectivity index (χ4n) is 10.6. The highest BCUT2D eigenvalue weighted by atomic mass is 15.2. The molecule has 6 nitrogen and oxygen atoms in total. The smallest absolute Gasteiger partial charge is 0.238 e. The molecule has 0 N–H and O–H groups in total. The van der Waals surface area contributed by atoms with Gasteiger partial charge in [0.15, 0.2) is 11.6 Å². The standard InChI is InChI=1S/C63H40N6/c1-3-16-41(17-4-1)43-30-32-45(33-31-43)61-64-62(66-63(65-61)69-57-28-13-7-22-49(57)50-23-8-14-29-58(50)69)46-20-15-21-48(40-46)68-56-27-12-10-25-52(56)54-39-38-53-51-24-9-11-26-55(51)67(59(53)60(54)68)47-36-34-44(35-37-47)42-18-5-2-6-19-42/h1-40H. The molecule has 0 aliphatic heterocycles. The second kappa shape index (κ2) is 15.6. The van der Waals surface area contributed by atoms with E-state index in [4.69, 9.17) is 15.0 Å². The zero-order valence-electron chi connectivity index (χ0n) is 37.3. The molecule has 0 amide bonds. The van der Waals surface area contributed by atoms with Crippen molar-refractivity contribution in [1.29, 1.82) is 0 Å². The number of hydrogen-bond acceptors (Lipinski definition) is 3. The van der Waals surface area contributed by atoms with Crippen molar-refractivity contribution in [1.82, 2.24) is 28.7 Å². The average Bonchev–Trinajstić information content (AvgIpc) is 4.07. The van der Waals surface area contributed by atoms with Gasteiger partial charge in [-0.05, 0) is 70.8 Å². The fourth-order valence-corrected chi connectivity index (χ4v) is 10.6. The van der Waals surface area contributed by atoms with Gasteiger partial charge in [-0.3, -0.25) is 4.57 Å². The molecule has 14 rings (SSSR count). The minimum Gasteiger partial charge on any atom is -0.307 e. The van der Waals surface area contributed by atoms with Gasteiger partial charge in [-0.15, -0.1) is 0 Å². The molecule has 0 atom stereocenters. The van der Waals surface area contributed by atoms with E-state index >= 15 is 0 Å². The van der Waals surface area contributed by atoms with Crippen molar-refractivity contribution in [3.8, 4) is 62.4 Å². The lowest BCUT2D eigenvalue weighted by molar-refractivity contribution is 0.953. The van der Waals surface area contributed by atoms with Crippen LogP contribution in [0.25, 0.3) is 128 Å². The van der Waals surface area contributed by atoms with Crippen LogP contribution in [0, 0.1) is 0 Å². The molecule has 322 valence electrons. The quantitative estimate of drug-likeness (QED) is 0.160. The third-order valence-corrected chi connectivity index (χ3v) is 13.7. The van der Waals surface area contributed by atoms with E-state index in [0.717, 1.165) is 77.5 Å². The topological polar surface area (TPSA) is 53.5 Å². The number of fused-ring (bicyclic) bond motifs is 10. The maximum atomic E-state index is 5.37. The normalized spacial score (nSPS) is 11.8. The van der Waals surface area contributed by atoms with E-state index < -0.39 is 0 Å². The van der Waals surface area contributed by atoms with E-state index in [1.165, 1.54) is 32.7 Å². The number of aromatic nitrogens is 6. The summed E-state index contributed by atoms with van der Waals surface area (Å²) in [6, 6.07) is 86.3. The van der Waals surface area contributed by atoms with Crippen LogP contribution in [0.3, 0.4) is 0 Å². The first kappa shape index (κ1) is 38.8. The molecular formula is C63H40N6. The molecule has 0 radical (unpaired) electrons. The second-order valence-corrected chi connectivity index (χ2v) is 17.6. The summed E-state index contributed by atoms with van der Waals surface area (Å²) in [6.45, 7) is 0. The van der Waals surface area contributed by atoms with Gasteiger partial charge < -0.3 is 9.13 Å². The van der Waals surface area contributed by atoms with Crippen LogP contribution in [0.5, 0.6) is 0 Å². The van der Waals surface area contributed by atoms with Gasteiger partial charge in [-0.2, -0.15) is 9.97 Å². The predicted molar refractivity (Wildman–Crippen MR) is 285 cm³/mol. The molecule has 69 heavy (non-hydrogen) atoms. The highest BCUT2D eigenvalue weighted by Gasteiger charge is 2.23. The predicted octanol–water partition coefficient (Wildman–Crippen LogP) is 15.8. The monoisotopic (exact) mass is 880 g/mol. The number of nitrogens with zero attached hydrogens (tertiary/aromatic N) is 6. The van der Waals surface area contributed by atoms with E-state index in [1.54, 1.807) is 0 Å². The summed E-state index contributed by atoms with van der Waals surface area (Å²) in [7, 11) is 0. The molecule has 0 bridgehead atoms. The number of hydrogen-bond donors (Lipinski definition) is 0. The van der Waals surface area contributed by atoms with Crippen LogP contribution < -0.4 is 0 Å². The Morgan fingerprint density at radius 3 is 1.13 bits per heavy atom. The van der Waals surface area contributed by atoms with Crippen LogP contribution in [0.2, 0.25) is 0 Å². The summed E-state index contributed by atoms with van der Waals surface area (Å²) in [4.78, 5) is 16.0. The molecule has 0 spiro atoms. The van der Waals surface area contributed by atoms with Crippen molar-refractivity contribution in [2.75, 3.05) is 0 Å². The van der Waals surface area contributed by atoms with E-state index in [2.05, 4.69) is 250 Å².